The van der Waals surface area contributed by atoms with Crippen LogP contribution in [0.15, 0.2) is 47.2 Å². The Morgan fingerprint density at radius 2 is 2.00 bits per heavy atom. The zero-order chi connectivity index (χ0) is 15.2. The molecular weight excluding hydrogens is 278 g/mol. The van der Waals surface area contributed by atoms with Crippen LogP contribution in [0.3, 0.4) is 0 Å². The third-order valence-corrected chi connectivity index (χ3v) is 4.00. The van der Waals surface area contributed by atoms with Gasteiger partial charge in [0.15, 0.2) is 0 Å². The highest BCUT2D eigenvalue weighted by Gasteiger charge is 2.21. The summed E-state index contributed by atoms with van der Waals surface area (Å²) in [5.41, 5.74) is 1.08. The van der Waals surface area contributed by atoms with Crippen molar-refractivity contribution in [2.24, 2.45) is 0 Å². The minimum Gasteiger partial charge on any atom is -0.469 e. The van der Waals surface area contributed by atoms with Crippen LogP contribution in [0, 0.1) is 0 Å². The van der Waals surface area contributed by atoms with Crippen LogP contribution >= 0.6 is 0 Å². The Bertz CT molecular complexity index is 575. The molecule has 22 heavy (non-hydrogen) atoms. The van der Waals surface area contributed by atoms with E-state index in [-0.39, 0.29) is 5.91 Å². The molecule has 5 heteroatoms. The van der Waals surface area contributed by atoms with Crippen molar-refractivity contribution >= 4 is 5.91 Å². The van der Waals surface area contributed by atoms with Gasteiger partial charge in [-0.2, -0.15) is 0 Å². The van der Waals surface area contributed by atoms with Gasteiger partial charge in [-0.15, -0.1) is 0 Å². The Balaban J connectivity index is 1.42. The first-order chi connectivity index (χ1) is 10.8. The number of rotatable bonds is 5. The number of hydrogen-bond donors (Lipinski definition) is 0. The third-order valence-electron chi connectivity index (χ3n) is 4.00. The molecule has 116 valence electrons. The standard InChI is InChI=1S/C17H21N3O2/c21-17(7-6-16-5-3-13-22-16)20-11-9-19(10-12-20)14-15-4-1-2-8-18-15/h1-5,8,13H,6-7,9-12,14H2. The molecule has 2 aromatic rings. The normalized spacial score (nSPS) is 15.9. The molecule has 0 aliphatic carbocycles. The van der Waals surface area contributed by atoms with Crippen LogP contribution in [0.2, 0.25) is 0 Å². The van der Waals surface area contributed by atoms with Crippen molar-refractivity contribution in [1.29, 1.82) is 0 Å². The van der Waals surface area contributed by atoms with Crippen LogP contribution in [0.25, 0.3) is 0 Å². The highest BCUT2D eigenvalue weighted by atomic mass is 16.3. The number of aryl methyl sites for hydroxylation is 1. The summed E-state index contributed by atoms with van der Waals surface area (Å²) in [6.07, 6.45) is 4.67. The summed E-state index contributed by atoms with van der Waals surface area (Å²) < 4.78 is 5.27. The Morgan fingerprint density at radius 3 is 2.68 bits per heavy atom. The van der Waals surface area contributed by atoms with Crippen molar-refractivity contribution in [2.75, 3.05) is 26.2 Å². The van der Waals surface area contributed by atoms with Crippen LogP contribution < -0.4 is 0 Å². The predicted octanol–water partition coefficient (Wildman–Crippen LogP) is 1.95. The van der Waals surface area contributed by atoms with Gasteiger partial charge in [-0.3, -0.25) is 14.7 Å². The second-order valence-corrected chi connectivity index (χ2v) is 5.56. The summed E-state index contributed by atoms with van der Waals surface area (Å²) in [7, 11) is 0. The van der Waals surface area contributed by atoms with Gasteiger partial charge in [-0.25, -0.2) is 0 Å². The average molecular weight is 299 g/mol. The van der Waals surface area contributed by atoms with Crippen LogP contribution in [0.4, 0.5) is 0 Å². The molecule has 0 N–H and O–H groups in total. The van der Waals surface area contributed by atoms with Crippen molar-refractivity contribution in [3.8, 4) is 0 Å². The average Bonchev–Trinajstić information content (AvgIpc) is 3.08. The summed E-state index contributed by atoms with van der Waals surface area (Å²) in [4.78, 5) is 20.9. The summed E-state index contributed by atoms with van der Waals surface area (Å²) in [6, 6.07) is 9.75. The number of pyridine rings is 1. The predicted molar refractivity (Wildman–Crippen MR) is 83.1 cm³/mol. The molecule has 2 aromatic heterocycles. The van der Waals surface area contributed by atoms with Gasteiger partial charge in [0.25, 0.3) is 0 Å². The minimum absolute atomic E-state index is 0.217. The van der Waals surface area contributed by atoms with Crippen LogP contribution in [0.5, 0.6) is 0 Å². The van der Waals surface area contributed by atoms with Crippen molar-refractivity contribution in [3.63, 3.8) is 0 Å². The van der Waals surface area contributed by atoms with E-state index in [9.17, 15) is 4.79 Å². The second-order valence-electron chi connectivity index (χ2n) is 5.56. The maximum absolute atomic E-state index is 12.2. The zero-order valence-corrected chi connectivity index (χ0v) is 12.6. The van der Waals surface area contributed by atoms with Gasteiger partial charge in [0.2, 0.25) is 5.91 Å². The van der Waals surface area contributed by atoms with Gasteiger partial charge < -0.3 is 9.32 Å². The number of hydrogen-bond acceptors (Lipinski definition) is 4. The van der Waals surface area contributed by atoms with E-state index in [0.29, 0.717) is 12.8 Å². The molecule has 3 heterocycles. The van der Waals surface area contributed by atoms with Gasteiger partial charge >= 0.3 is 0 Å². The summed E-state index contributed by atoms with van der Waals surface area (Å²) in [5, 5.41) is 0. The number of piperazine rings is 1. The number of nitrogens with zero attached hydrogens (tertiary/aromatic N) is 3. The van der Waals surface area contributed by atoms with Crippen molar-refractivity contribution in [3.05, 3.63) is 54.2 Å². The lowest BCUT2D eigenvalue weighted by molar-refractivity contribution is -0.133. The quantitative estimate of drug-likeness (QED) is 0.847. The van der Waals surface area contributed by atoms with E-state index < -0.39 is 0 Å². The first kappa shape index (κ1) is 14.8. The van der Waals surface area contributed by atoms with Gasteiger partial charge in [0.05, 0.1) is 12.0 Å². The molecule has 1 fully saturated rings. The first-order valence-corrected chi connectivity index (χ1v) is 7.74. The molecule has 1 aliphatic heterocycles. The molecule has 3 rings (SSSR count). The fourth-order valence-electron chi connectivity index (χ4n) is 2.72. The van der Waals surface area contributed by atoms with E-state index in [1.54, 1.807) is 6.26 Å². The Hall–Kier alpha value is -2.14. The van der Waals surface area contributed by atoms with Crippen LogP contribution in [-0.2, 0) is 17.8 Å². The zero-order valence-electron chi connectivity index (χ0n) is 12.6. The second kappa shape index (κ2) is 7.22. The van der Waals surface area contributed by atoms with E-state index >= 15 is 0 Å². The highest BCUT2D eigenvalue weighted by Crippen LogP contribution is 2.10. The molecule has 0 aromatic carbocycles. The molecule has 0 radical (unpaired) electrons. The van der Waals surface area contributed by atoms with Gasteiger partial charge in [-0.05, 0) is 24.3 Å². The van der Waals surface area contributed by atoms with E-state index in [4.69, 9.17) is 4.42 Å². The molecule has 0 atom stereocenters. The lowest BCUT2D eigenvalue weighted by atomic mass is 10.2. The monoisotopic (exact) mass is 299 g/mol. The molecule has 1 saturated heterocycles. The lowest BCUT2D eigenvalue weighted by Crippen LogP contribution is -2.48. The molecule has 5 nitrogen and oxygen atoms in total. The Labute approximate surface area is 130 Å². The number of aromatic nitrogens is 1. The first-order valence-electron chi connectivity index (χ1n) is 7.74. The molecule has 0 bridgehead atoms. The molecule has 0 spiro atoms. The number of furan rings is 1. The SMILES string of the molecule is O=C(CCc1ccco1)N1CCN(Cc2ccccn2)CC1. The highest BCUT2D eigenvalue weighted by molar-refractivity contribution is 5.76. The van der Waals surface area contributed by atoms with E-state index in [0.717, 1.165) is 44.2 Å². The smallest absolute Gasteiger partial charge is 0.223 e. The van der Waals surface area contributed by atoms with Crippen molar-refractivity contribution in [2.45, 2.75) is 19.4 Å². The molecular formula is C17H21N3O2. The Kier molecular flexibility index (Phi) is 4.85. The number of amides is 1. The van der Waals surface area contributed by atoms with Crippen molar-refractivity contribution in [1.82, 2.24) is 14.8 Å². The summed E-state index contributed by atoms with van der Waals surface area (Å²) >= 11 is 0. The van der Waals surface area contributed by atoms with E-state index in [2.05, 4.69) is 9.88 Å². The minimum atomic E-state index is 0.217. The maximum atomic E-state index is 12.2. The third kappa shape index (κ3) is 3.95. The molecule has 0 saturated carbocycles. The Morgan fingerprint density at radius 1 is 1.14 bits per heavy atom. The molecule has 0 unspecified atom stereocenters. The fourth-order valence-corrected chi connectivity index (χ4v) is 2.72. The fraction of sp³-hybridized carbons (Fsp3) is 0.412. The van der Waals surface area contributed by atoms with Crippen LogP contribution in [-0.4, -0.2) is 46.9 Å². The number of carbonyl (C=O) groups is 1. The van der Waals surface area contributed by atoms with E-state index in [1.807, 2.05) is 41.4 Å². The lowest BCUT2D eigenvalue weighted by Gasteiger charge is -2.34. The van der Waals surface area contributed by atoms with Gasteiger partial charge in [0.1, 0.15) is 5.76 Å². The van der Waals surface area contributed by atoms with Gasteiger partial charge in [-0.1, -0.05) is 6.07 Å². The topological polar surface area (TPSA) is 49.6 Å². The summed E-state index contributed by atoms with van der Waals surface area (Å²) in [5.74, 6) is 1.09. The van der Waals surface area contributed by atoms with E-state index in [1.165, 1.54) is 0 Å². The summed E-state index contributed by atoms with van der Waals surface area (Å²) in [6.45, 7) is 4.26. The molecule has 1 aliphatic rings. The molecule has 1 amide bonds. The number of carbonyl (C=O) groups excluding carboxylic acids is 1. The maximum Gasteiger partial charge on any atom is 0.223 e. The largest absolute Gasteiger partial charge is 0.469 e. The van der Waals surface area contributed by atoms with Gasteiger partial charge in [0, 0.05) is 51.8 Å². The van der Waals surface area contributed by atoms with Crippen LogP contribution in [0.1, 0.15) is 17.9 Å². The van der Waals surface area contributed by atoms with Crippen molar-refractivity contribution < 1.29 is 9.21 Å².